The molecule has 78 valence electrons. The number of carboxylic acid groups (broad SMARTS) is 1. The summed E-state index contributed by atoms with van der Waals surface area (Å²) in [5.74, 6) is -1.21. The highest BCUT2D eigenvalue weighted by Gasteiger charge is 2.39. The van der Waals surface area contributed by atoms with Crippen LogP contribution in [0.4, 0.5) is 0 Å². The van der Waals surface area contributed by atoms with Crippen molar-refractivity contribution in [2.45, 2.75) is 31.9 Å². The highest BCUT2D eigenvalue weighted by Crippen LogP contribution is 2.23. The van der Waals surface area contributed by atoms with Gasteiger partial charge in [0.15, 0.2) is 0 Å². The van der Waals surface area contributed by atoms with Crippen molar-refractivity contribution in [2.75, 3.05) is 21.1 Å². The molecule has 0 rings (SSSR count). The number of nitrogens with zero attached hydrogens (tertiary/aromatic N) is 1. The van der Waals surface area contributed by atoms with Crippen LogP contribution in [-0.4, -0.2) is 48.3 Å². The van der Waals surface area contributed by atoms with Gasteiger partial charge in [-0.2, -0.15) is 0 Å². The Balaban J connectivity index is 4.54. The van der Waals surface area contributed by atoms with E-state index in [0.717, 1.165) is 0 Å². The number of aliphatic hydroxyl groups excluding tert-OH is 1. The fourth-order valence-corrected chi connectivity index (χ4v) is 0.855. The number of aliphatic hydroxyl groups is 1. The van der Waals surface area contributed by atoms with Crippen molar-refractivity contribution in [1.82, 2.24) is 0 Å². The van der Waals surface area contributed by atoms with Crippen LogP contribution in [0.3, 0.4) is 0 Å². The van der Waals surface area contributed by atoms with E-state index >= 15 is 0 Å². The van der Waals surface area contributed by atoms with Crippen LogP contribution < -0.4 is 5.11 Å². The number of carbonyl (C=O) groups is 1. The van der Waals surface area contributed by atoms with E-state index in [2.05, 4.69) is 0 Å². The van der Waals surface area contributed by atoms with E-state index in [4.69, 9.17) is 0 Å². The molecule has 1 atom stereocenters. The number of likely N-dealkylation sites (N-methyl/N-ethyl adjacent to an activating group) is 1. The molecule has 0 aliphatic carbocycles. The van der Waals surface area contributed by atoms with E-state index in [1.54, 1.807) is 0 Å². The second kappa shape index (κ2) is 3.64. The van der Waals surface area contributed by atoms with Gasteiger partial charge in [0.05, 0.1) is 21.1 Å². The van der Waals surface area contributed by atoms with Crippen LogP contribution in [0, 0.1) is 0 Å². The smallest absolute Gasteiger partial charge is 0.119 e. The molecule has 0 spiro atoms. The van der Waals surface area contributed by atoms with Gasteiger partial charge in [0, 0.05) is 12.4 Å². The molecule has 0 heterocycles. The van der Waals surface area contributed by atoms with Gasteiger partial charge in [-0.15, -0.1) is 0 Å². The second-order valence-electron chi connectivity index (χ2n) is 4.76. The van der Waals surface area contributed by atoms with Crippen LogP contribution in [0.5, 0.6) is 0 Å². The van der Waals surface area contributed by atoms with Gasteiger partial charge in [0.1, 0.15) is 11.6 Å². The average Bonchev–Trinajstić information content (AvgIpc) is 1.82. The van der Waals surface area contributed by atoms with Crippen molar-refractivity contribution in [3.05, 3.63) is 0 Å². The van der Waals surface area contributed by atoms with E-state index in [1.807, 2.05) is 35.0 Å². The molecule has 0 aliphatic rings. The Kier molecular flexibility index (Phi) is 3.47. The number of hydrogen-bond acceptors (Lipinski definition) is 3. The van der Waals surface area contributed by atoms with Crippen LogP contribution in [0.2, 0.25) is 0 Å². The molecule has 0 aromatic carbocycles. The minimum absolute atomic E-state index is 0.317. The zero-order valence-electron chi connectivity index (χ0n) is 9.00. The van der Waals surface area contributed by atoms with Crippen LogP contribution >= 0.6 is 0 Å². The van der Waals surface area contributed by atoms with Crippen LogP contribution in [0.15, 0.2) is 0 Å². The number of hydrogen-bond donors (Lipinski definition) is 1. The first-order chi connectivity index (χ1) is 5.59. The zero-order chi connectivity index (χ0) is 10.9. The van der Waals surface area contributed by atoms with Gasteiger partial charge in [0.2, 0.25) is 0 Å². The predicted molar refractivity (Wildman–Crippen MR) is 47.7 cm³/mol. The maximum absolute atomic E-state index is 10.3. The van der Waals surface area contributed by atoms with Gasteiger partial charge in [-0.3, -0.25) is 0 Å². The maximum atomic E-state index is 10.3. The van der Waals surface area contributed by atoms with Crippen molar-refractivity contribution in [3.8, 4) is 0 Å². The van der Waals surface area contributed by atoms with Gasteiger partial charge >= 0.3 is 0 Å². The Morgan fingerprint density at radius 3 is 2.08 bits per heavy atom. The molecule has 0 aromatic rings. The third kappa shape index (κ3) is 2.97. The summed E-state index contributed by atoms with van der Waals surface area (Å²) in [6, 6.07) is 0. The number of quaternary nitrogens is 1. The summed E-state index contributed by atoms with van der Waals surface area (Å²) in [6.45, 7) is 3.67. The lowest BCUT2D eigenvalue weighted by Crippen LogP contribution is -2.60. The molecule has 0 saturated heterocycles. The number of carboxylic acids is 1. The van der Waals surface area contributed by atoms with Crippen molar-refractivity contribution >= 4 is 5.97 Å². The molecule has 0 bridgehead atoms. The fraction of sp³-hybridized carbons (Fsp3) is 0.889. The van der Waals surface area contributed by atoms with E-state index < -0.39 is 17.6 Å². The number of aliphatic carboxylic acids is 1. The lowest BCUT2D eigenvalue weighted by Gasteiger charge is -2.44. The first-order valence-electron chi connectivity index (χ1n) is 4.28. The lowest BCUT2D eigenvalue weighted by atomic mass is 9.91. The predicted octanol–water partition coefficient (Wildman–Crippen LogP) is -1.03. The third-order valence-electron chi connectivity index (χ3n) is 2.90. The monoisotopic (exact) mass is 189 g/mol. The highest BCUT2D eigenvalue weighted by molar-refractivity contribution is 5.65. The molecule has 0 saturated carbocycles. The molecule has 1 unspecified atom stereocenters. The molecule has 4 nitrogen and oxygen atoms in total. The Bertz CT molecular complexity index is 194. The molecular formula is C9H19NO3. The van der Waals surface area contributed by atoms with E-state index in [-0.39, 0.29) is 6.42 Å². The Morgan fingerprint density at radius 2 is 1.85 bits per heavy atom. The second-order valence-corrected chi connectivity index (χ2v) is 4.76. The third-order valence-corrected chi connectivity index (χ3v) is 2.90. The fourth-order valence-electron chi connectivity index (χ4n) is 0.855. The first-order valence-corrected chi connectivity index (χ1v) is 4.28. The summed E-state index contributed by atoms with van der Waals surface area (Å²) in [5.41, 5.74) is -0.500. The summed E-state index contributed by atoms with van der Waals surface area (Å²) in [4.78, 5) is 10.3. The van der Waals surface area contributed by atoms with Crippen molar-refractivity contribution in [2.24, 2.45) is 0 Å². The maximum Gasteiger partial charge on any atom is 0.119 e. The minimum Gasteiger partial charge on any atom is -0.550 e. The normalized spacial score (nSPS) is 15.5. The van der Waals surface area contributed by atoms with E-state index in [0.29, 0.717) is 4.48 Å². The van der Waals surface area contributed by atoms with Gasteiger partial charge in [-0.1, -0.05) is 0 Å². The van der Waals surface area contributed by atoms with Crippen LogP contribution in [0.1, 0.15) is 20.3 Å². The SMILES string of the molecule is CC(C)(C(O)CC(=O)[O-])[N+](C)(C)C. The summed E-state index contributed by atoms with van der Waals surface area (Å²) in [7, 11) is 5.75. The lowest BCUT2D eigenvalue weighted by molar-refractivity contribution is -0.923. The Labute approximate surface area is 79.4 Å². The van der Waals surface area contributed by atoms with Crippen molar-refractivity contribution in [3.63, 3.8) is 0 Å². The topological polar surface area (TPSA) is 60.4 Å². The molecule has 0 amide bonds. The largest absolute Gasteiger partial charge is 0.550 e. The molecule has 0 aromatic heterocycles. The molecule has 13 heavy (non-hydrogen) atoms. The molecule has 4 heteroatoms. The summed E-state index contributed by atoms with van der Waals surface area (Å²) in [5, 5.41) is 20.0. The van der Waals surface area contributed by atoms with Crippen molar-refractivity contribution in [1.29, 1.82) is 0 Å². The Hall–Kier alpha value is -0.610. The molecule has 1 N–H and O–H groups in total. The average molecular weight is 189 g/mol. The van der Waals surface area contributed by atoms with E-state index in [9.17, 15) is 15.0 Å². The Morgan fingerprint density at radius 1 is 1.46 bits per heavy atom. The van der Waals surface area contributed by atoms with Crippen LogP contribution in [0.25, 0.3) is 0 Å². The standard InChI is InChI=1S/C9H19NO3/c1-9(2,10(3,4)5)7(11)6-8(12)13/h7,11H,6H2,1-5H3. The first kappa shape index (κ1) is 12.4. The van der Waals surface area contributed by atoms with Gasteiger partial charge in [-0.25, -0.2) is 0 Å². The van der Waals surface area contributed by atoms with Gasteiger partial charge in [0.25, 0.3) is 0 Å². The molecule has 0 radical (unpaired) electrons. The quantitative estimate of drug-likeness (QED) is 0.575. The van der Waals surface area contributed by atoms with Crippen molar-refractivity contribution < 1.29 is 19.5 Å². The molecular weight excluding hydrogens is 170 g/mol. The summed E-state index contributed by atoms with van der Waals surface area (Å²) < 4.78 is 0.501. The number of carbonyl (C=O) groups excluding carboxylic acids is 1. The highest BCUT2D eigenvalue weighted by atomic mass is 16.4. The zero-order valence-corrected chi connectivity index (χ0v) is 9.00. The number of rotatable bonds is 4. The summed E-state index contributed by atoms with van der Waals surface area (Å²) >= 11 is 0. The summed E-state index contributed by atoms with van der Waals surface area (Å²) in [6.07, 6.45) is -1.21. The van der Waals surface area contributed by atoms with Gasteiger partial charge < -0.3 is 19.5 Å². The van der Waals surface area contributed by atoms with Crippen LogP contribution in [-0.2, 0) is 4.79 Å². The minimum atomic E-state index is -1.21. The molecule has 0 fully saturated rings. The van der Waals surface area contributed by atoms with Gasteiger partial charge in [-0.05, 0) is 13.8 Å². The van der Waals surface area contributed by atoms with E-state index in [1.165, 1.54) is 0 Å². The molecule has 0 aliphatic heterocycles.